The topological polar surface area (TPSA) is 105 Å². The van der Waals surface area contributed by atoms with Gasteiger partial charge in [-0.25, -0.2) is 4.57 Å². The van der Waals surface area contributed by atoms with Crippen molar-refractivity contribution in [2.75, 3.05) is 40.9 Å². The van der Waals surface area contributed by atoms with Crippen LogP contribution in [0.1, 0.15) is 226 Å². The first-order chi connectivity index (χ1) is 33.5. The first-order valence-electron chi connectivity index (χ1n) is 28.1. The van der Waals surface area contributed by atoms with Crippen molar-refractivity contribution in [2.45, 2.75) is 238 Å². The number of hydrogen-bond acceptors (Lipinski definition) is 5. The van der Waals surface area contributed by atoms with Gasteiger partial charge >= 0.3 is 7.82 Å². The molecule has 0 aromatic heterocycles. The summed E-state index contributed by atoms with van der Waals surface area (Å²) < 4.78 is 23.6. The number of rotatable bonds is 50. The highest BCUT2D eigenvalue weighted by Gasteiger charge is 2.27. The number of unbranched alkanes of at least 4 members (excludes halogenated alkanes) is 23. The van der Waals surface area contributed by atoms with E-state index < -0.39 is 20.0 Å². The Labute approximate surface area is 426 Å². The molecular formula is C60H108N2O6P+. The smallest absolute Gasteiger partial charge is 0.387 e. The van der Waals surface area contributed by atoms with Crippen molar-refractivity contribution in [2.24, 2.45) is 0 Å². The van der Waals surface area contributed by atoms with Gasteiger partial charge in [0.25, 0.3) is 0 Å². The molecule has 0 bridgehead atoms. The summed E-state index contributed by atoms with van der Waals surface area (Å²) in [5.74, 6) is -0.250. The Bertz CT molecular complexity index is 1440. The number of nitrogens with one attached hydrogen (secondary N) is 1. The number of allylic oxidation sites excluding steroid dienone is 15. The van der Waals surface area contributed by atoms with Crippen LogP contribution in [0.25, 0.3) is 0 Å². The lowest BCUT2D eigenvalue weighted by Gasteiger charge is -2.25. The summed E-state index contributed by atoms with van der Waals surface area (Å²) >= 11 is 0. The van der Waals surface area contributed by atoms with Crippen molar-refractivity contribution < 1.29 is 32.9 Å². The Kier molecular flexibility index (Phi) is 48.5. The molecule has 3 atom stereocenters. The van der Waals surface area contributed by atoms with Crippen LogP contribution >= 0.6 is 7.82 Å². The number of aliphatic hydroxyl groups is 1. The van der Waals surface area contributed by atoms with Gasteiger partial charge in [-0.3, -0.25) is 13.8 Å². The number of phosphoric ester groups is 1. The Morgan fingerprint density at radius 1 is 0.507 bits per heavy atom. The van der Waals surface area contributed by atoms with E-state index in [0.29, 0.717) is 17.4 Å². The van der Waals surface area contributed by atoms with Gasteiger partial charge in [-0.2, -0.15) is 0 Å². The molecule has 0 aromatic rings. The van der Waals surface area contributed by atoms with Crippen molar-refractivity contribution in [3.8, 4) is 0 Å². The van der Waals surface area contributed by atoms with Gasteiger partial charge in [0.2, 0.25) is 5.91 Å². The minimum Gasteiger partial charge on any atom is -0.387 e. The minimum atomic E-state index is -4.38. The van der Waals surface area contributed by atoms with E-state index in [1.807, 2.05) is 27.2 Å². The normalized spacial score (nSPS) is 14.7. The fraction of sp³-hybridized carbons (Fsp3) is 0.717. The number of likely N-dealkylation sites (N-methyl/N-ethyl adjacent to an activating group) is 1. The molecule has 3 unspecified atom stereocenters. The van der Waals surface area contributed by atoms with Crippen molar-refractivity contribution in [3.05, 3.63) is 97.2 Å². The number of hydrogen-bond donors (Lipinski definition) is 3. The fourth-order valence-electron chi connectivity index (χ4n) is 7.64. The predicted molar refractivity (Wildman–Crippen MR) is 299 cm³/mol. The van der Waals surface area contributed by atoms with Crippen LogP contribution in [-0.2, 0) is 18.4 Å². The monoisotopic (exact) mass is 984 g/mol. The summed E-state index contributed by atoms with van der Waals surface area (Å²) in [6, 6.07) is -0.907. The van der Waals surface area contributed by atoms with Gasteiger partial charge in [0.05, 0.1) is 39.9 Å². The molecule has 0 saturated heterocycles. The molecule has 0 radical (unpaired) electrons. The maximum absolute atomic E-state index is 12.9. The number of phosphoric acid groups is 1. The molecule has 9 heteroatoms. The summed E-state index contributed by atoms with van der Waals surface area (Å²) in [6.07, 6.45) is 72.5. The average molecular weight is 985 g/mol. The molecule has 0 aliphatic rings. The molecule has 0 spiro atoms. The predicted octanol–water partition coefficient (Wildman–Crippen LogP) is 17.0. The van der Waals surface area contributed by atoms with Crippen LogP contribution in [0.15, 0.2) is 97.2 Å². The van der Waals surface area contributed by atoms with Gasteiger partial charge in [0.15, 0.2) is 0 Å². The molecular weight excluding hydrogens is 876 g/mol. The summed E-state index contributed by atoms with van der Waals surface area (Å²) in [5.41, 5.74) is 0. The quantitative estimate of drug-likeness (QED) is 0.0243. The van der Waals surface area contributed by atoms with Crippen LogP contribution in [0.2, 0.25) is 0 Å². The fourth-order valence-corrected chi connectivity index (χ4v) is 8.37. The number of carbonyl (C=O) groups is 1. The second kappa shape index (κ2) is 50.4. The third-order valence-electron chi connectivity index (χ3n) is 12.0. The maximum atomic E-state index is 12.9. The molecule has 3 N–H and O–H groups in total. The second-order valence-corrected chi connectivity index (χ2v) is 21.4. The van der Waals surface area contributed by atoms with E-state index in [4.69, 9.17) is 9.05 Å². The molecule has 0 aliphatic heterocycles. The van der Waals surface area contributed by atoms with Gasteiger partial charge in [-0.05, 0) is 83.5 Å². The van der Waals surface area contributed by atoms with E-state index in [-0.39, 0.29) is 25.5 Å². The number of nitrogens with zero attached hydrogens (tertiary/aromatic N) is 1. The van der Waals surface area contributed by atoms with Gasteiger partial charge < -0.3 is 19.8 Å². The summed E-state index contributed by atoms with van der Waals surface area (Å²) in [7, 11) is 1.50. The van der Waals surface area contributed by atoms with Crippen LogP contribution < -0.4 is 5.32 Å². The molecule has 0 aromatic carbocycles. The zero-order valence-corrected chi connectivity index (χ0v) is 46.2. The Morgan fingerprint density at radius 3 is 1.33 bits per heavy atom. The minimum absolute atomic E-state index is 0.0377. The van der Waals surface area contributed by atoms with Gasteiger partial charge in [0, 0.05) is 6.42 Å². The lowest BCUT2D eigenvalue weighted by molar-refractivity contribution is -0.870. The van der Waals surface area contributed by atoms with Gasteiger partial charge in [-0.15, -0.1) is 0 Å². The van der Waals surface area contributed by atoms with Crippen molar-refractivity contribution in [3.63, 3.8) is 0 Å². The summed E-state index contributed by atoms with van der Waals surface area (Å²) in [6.45, 7) is 4.63. The third-order valence-corrected chi connectivity index (χ3v) is 13.0. The lowest BCUT2D eigenvalue weighted by atomic mass is 10.0. The average Bonchev–Trinajstić information content (AvgIpc) is 3.31. The highest BCUT2D eigenvalue weighted by Crippen LogP contribution is 2.43. The maximum Gasteiger partial charge on any atom is 0.472 e. The van der Waals surface area contributed by atoms with E-state index in [9.17, 15) is 19.4 Å². The first kappa shape index (κ1) is 66.4. The van der Waals surface area contributed by atoms with Crippen LogP contribution in [0.3, 0.4) is 0 Å². The van der Waals surface area contributed by atoms with E-state index in [1.165, 1.54) is 135 Å². The lowest BCUT2D eigenvalue weighted by Crippen LogP contribution is -2.45. The molecule has 0 rings (SSSR count). The van der Waals surface area contributed by atoms with E-state index in [2.05, 4.69) is 104 Å². The van der Waals surface area contributed by atoms with Crippen LogP contribution in [-0.4, -0.2) is 73.4 Å². The first-order valence-corrected chi connectivity index (χ1v) is 29.6. The van der Waals surface area contributed by atoms with Crippen LogP contribution in [0, 0.1) is 0 Å². The van der Waals surface area contributed by atoms with E-state index in [0.717, 1.165) is 64.2 Å². The van der Waals surface area contributed by atoms with Gasteiger partial charge in [-0.1, -0.05) is 233 Å². The molecule has 398 valence electrons. The molecule has 0 fully saturated rings. The molecule has 69 heavy (non-hydrogen) atoms. The zero-order valence-electron chi connectivity index (χ0n) is 45.3. The molecule has 8 nitrogen and oxygen atoms in total. The largest absolute Gasteiger partial charge is 0.472 e. The Balaban J connectivity index is 4.33. The summed E-state index contributed by atoms with van der Waals surface area (Å²) in [5, 5.41) is 13.8. The number of quaternary nitrogens is 1. The van der Waals surface area contributed by atoms with Crippen molar-refractivity contribution >= 4 is 13.7 Å². The van der Waals surface area contributed by atoms with Gasteiger partial charge in [0.1, 0.15) is 13.2 Å². The number of aliphatic hydroxyl groups excluding tert-OH is 1. The van der Waals surface area contributed by atoms with E-state index >= 15 is 0 Å². The standard InChI is InChI=1S/C60H107N2O6P/c1-6-8-10-12-14-16-18-20-22-24-25-26-27-28-29-30-31-32-33-34-35-36-38-39-41-43-45-47-49-51-53-59(63)58(57-68-69(65,66)67-56-55-62(3,4)5)61-60(64)54-52-50-48-46-44-42-40-37-23-21-19-17-15-13-11-9-7-2/h9,11,15,17,21,23,36,38,40,42-43,45-46,48,51,53,58-59,63H,6-8,10,12-14,16,18-20,22,24-35,37,39,41,44,47,49-50,52,54-57H2,1-5H3,(H-,61,64,65,66)/p+1/b11-9-,17-15-,23-21-,38-36+,42-40-,45-43+,48-46-,53-51+. The number of carbonyl (C=O) groups excluding carboxylic acids is 1. The third kappa shape index (κ3) is 53.1. The highest BCUT2D eigenvalue weighted by molar-refractivity contribution is 7.47. The van der Waals surface area contributed by atoms with E-state index in [1.54, 1.807) is 6.08 Å². The molecule has 0 saturated carbocycles. The second-order valence-electron chi connectivity index (χ2n) is 19.9. The highest BCUT2D eigenvalue weighted by atomic mass is 31.2. The Morgan fingerprint density at radius 2 is 0.884 bits per heavy atom. The molecule has 0 heterocycles. The SMILES string of the molecule is CC/C=C\C/C=C\C/C=C\C/C=C\C/C=C\CCCC(=O)NC(COP(=O)(O)OCC[N+](C)(C)C)C(O)/C=C/CC/C=C/CC/C=C/CCCCCCCCCCCCCCCCCCCCCC. The van der Waals surface area contributed by atoms with Crippen molar-refractivity contribution in [1.29, 1.82) is 0 Å². The van der Waals surface area contributed by atoms with Crippen LogP contribution in [0.5, 0.6) is 0 Å². The molecule has 1 amide bonds. The number of amides is 1. The Hall–Kier alpha value is -2.58. The van der Waals surface area contributed by atoms with Crippen LogP contribution in [0.4, 0.5) is 0 Å². The summed E-state index contributed by atoms with van der Waals surface area (Å²) in [4.78, 5) is 23.2. The van der Waals surface area contributed by atoms with Crippen molar-refractivity contribution in [1.82, 2.24) is 5.32 Å². The molecule has 0 aliphatic carbocycles. The zero-order chi connectivity index (χ0) is 50.6.